The molecule has 0 radical (unpaired) electrons. The number of nitrogens with zero attached hydrogens (tertiary/aromatic N) is 1. The molecule has 25 heavy (non-hydrogen) atoms. The maximum absolute atomic E-state index is 12.3. The second-order valence-corrected chi connectivity index (χ2v) is 6.04. The molecular weight excluding hydrogens is 312 g/mol. The predicted octanol–water partition coefficient (Wildman–Crippen LogP) is 4.33. The average molecular weight is 340 g/mol. The fourth-order valence-electron chi connectivity index (χ4n) is 2.63. The number of benzene rings is 2. The molecule has 4 heteroatoms. The molecule has 134 valence electrons. The monoisotopic (exact) mass is 340 g/mol. The topological polar surface area (TPSA) is 41.6 Å². The number of hydrogen-bond donors (Lipinski definition) is 1. The minimum absolute atomic E-state index is 0.138. The number of carbonyl (C=O) groups excluding carboxylic acids is 1. The smallest absolute Gasteiger partial charge is 0.241 e. The minimum Gasteiger partial charge on any atom is -0.489 e. The lowest BCUT2D eigenvalue weighted by Gasteiger charge is -2.22. The number of ether oxygens (including phenoxy) is 1. The van der Waals surface area contributed by atoms with Crippen molar-refractivity contribution in [1.82, 2.24) is 4.90 Å². The Morgan fingerprint density at radius 3 is 2.40 bits per heavy atom. The molecule has 4 nitrogen and oxygen atoms in total. The largest absolute Gasteiger partial charge is 0.489 e. The van der Waals surface area contributed by atoms with Gasteiger partial charge in [-0.25, -0.2) is 0 Å². The summed E-state index contributed by atoms with van der Waals surface area (Å²) < 4.78 is 5.83. The van der Waals surface area contributed by atoms with Gasteiger partial charge in [0, 0.05) is 24.8 Å². The third-order valence-corrected chi connectivity index (χ3v) is 3.87. The summed E-state index contributed by atoms with van der Waals surface area (Å²) in [6.45, 7) is 6.66. The standard InChI is InChI=1S/C21H28N2O2/c1-3-13-23(14-4-2)21(24)16-22-19-11-8-12-20(15-19)25-17-18-9-6-5-7-10-18/h5-12,15,22H,3-4,13-14,16-17H2,1-2H3. The van der Waals surface area contributed by atoms with Gasteiger partial charge in [0.1, 0.15) is 12.4 Å². The maximum Gasteiger partial charge on any atom is 0.241 e. The van der Waals surface area contributed by atoms with Crippen LogP contribution >= 0.6 is 0 Å². The van der Waals surface area contributed by atoms with Crippen LogP contribution in [0.1, 0.15) is 32.3 Å². The van der Waals surface area contributed by atoms with Crippen LogP contribution in [0.5, 0.6) is 5.75 Å². The van der Waals surface area contributed by atoms with Gasteiger partial charge in [-0.05, 0) is 30.5 Å². The highest BCUT2D eigenvalue weighted by molar-refractivity contribution is 5.80. The molecule has 0 unspecified atom stereocenters. The van der Waals surface area contributed by atoms with Crippen LogP contribution in [0, 0.1) is 0 Å². The Balaban J connectivity index is 1.87. The number of hydrogen-bond acceptors (Lipinski definition) is 3. The first-order valence-corrected chi connectivity index (χ1v) is 9.01. The quantitative estimate of drug-likeness (QED) is 0.700. The Hall–Kier alpha value is -2.49. The summed E-state index contributed by atoms with van der Waals surface area (Å²) >= 11 is 0. The van der Waals surface area contributed by atoms with Gasteiger partial charge in [-0.15, -0.1) is 0 Å². The van der Waals surface area contributed by atoms with Crippen molar-refractivity contribution in [3.05, 3.63) is 60.2 Å². The van der Waals surface area contributed by atoms with Gasteiger partial charge in [0.15, 0.2) is 0 Å². The van der Waals surface area contributed by atoms with Crippen molar-refractivity contribution in [2.24, 2.45) is 0 Å². The normalized spacial score (nSPS) is 10.3. The summed E-state index contributed by atoms with van der Waals surface area (Å²) in [5, 5.41) is 3.21. The number of nitrogens with one attached hydrogen (secondary N) is 1. The van der Waals surface area contributed by atoms with E-state index in [4.69, 9.17) is 4.74 Å². The zero-order chi connectivity index (χ0) is 17.9. The van der Waals surface area contributed by atoms with Gasteiger partial charge in [-0.3, -0.25) is 4.79 Å². The van der Waals surface area contributed by atoms with Crippen molar-refractivity contribution in [3.8, 4) is 5.75 Å². The van der Waals surface area contributed by atoms with Crippen LogP contribution in [-0.4, -0.2) is 30.4 Å². The van der Waals surface area contributed by atoms with Crippen molar-refractivity contribution in [3.63, 3.8) is 0 Å². The molecule has 0 aliphatic heterocycles. The fraction of sp³-hybridized carbons (Fsp3) is 0.381. The Morgan fingerprint density at radius 2 is 1.72 bits per heavy atom. The minimum atomic E-state index is 0.138. The fourth-order valence-corrected chi connectivity index (χ4v) is 2.63. The number of carbonyl (C=O) groups is 1. The summed E-state index contributed by atoms with van der Waals surface area (Å²) in [5.41, 5.74) is 2.03. The van der Waals surface area contributed by atoms with Crippen molar-refractivity contribution >= 4 is 11.6 Å². The molecule has 1 amide bonds. The van der Waals surface area contributed by atoms with Crippen LogP contribution < -0.4 is 10.1 Å². The Labute approximate surface area is 150 Å². The van der Waals surface area contributed by atoms with E-state index in [1.807, 2.05) is 59.5 Å². The highest BCUT2D eigenvalue weighted by Gasteiger charge is 2.11. The Morgan fingerprint density at radius 1 is 1.00 bits per heavy atom. The maximum atomic E-state index is 12.3. The molecule has 0 aliphatic rings. The molecule has 0 aliphatic carbocycles. The molecule has 0 atom stereocenters. The number of amides is 1. The lowest BCUT2D eigenvalue weighted by Crippen LogP contribution is -2.36. The molecule has 0 bridgehead atoms. The van der Waals surface area contributed by atoms with E-state index in [9.17, 15) is 4.79 Å². The van der Waals surface area contributed by atoms with Gasteiger partial charge < -0.3 is 15.0 Å². The van der Waals surface area contributed by atoms with E-state index >= 15 is 0 Å². The Bertz CT molecular complexity index is 637. The molecule has 2 aromatic carbocycles. The van der Waals surface area contributed by atoms with E-state index in [0.717, 1.165) is 42.9 Å². The third-order valence-electron chi connectivity index (χ3n) is 3.87. The first-order valence-electron chi connectivity index (χ1n) is 9.01. The number of anilines is 1. The third kappa shape index (κ3) is 6.49. The van der Waals surface area contributed by atoms with Crippen molar-refractivity contribution in [1.29, 1.82) is 0 Å². The molecular formula is C21H28N2O2. The second-order valence-electron chi connectivity index (χ2n) is 6.04. The van der Waals surface area contributed by atoms with Crippen LogP contribution in [0.3, 0.4) is 0 Å². The van der Waals surface area contributed by atoms with Gasteiger partial charge in [0.05, 0.1) is 6.54 Å². The Kier molecular flexibility index (Phi) is 7.83. The van der Waals surface area contributed by atoms with Crippen LogP contribution in [0.25, 0.3) is 0 Å². The molecule has 0 spiro atoms. The van der Waals surface area contributed by atoms with Gasteiger partial charge in [0.2, 0.25) is 5.91 Å². The van der Waals surface area contributed by atoms with Crippen LogP contribution in [0.4, 0.5) is 5.69 Å². The first kappa shape index (κ1) is 18.8. The lowest BCUT2D eigenvalue weighted by molar-refractivity contribution is -0.129. The molecule has 0 saturated carbocycles. The molecule has 2 rings (SSSR count). The van der Waals surface area contributed by atoms with Crippen LogP contribution in [-0.2, 0) is 11.4 Å². The van der Waals surface area contributed by atoms with Crippen molar-refractivity contribution in [2.75, 3.05) is 25.0 Å². The zero-order valence-corrected chi connectivity index (χ0v) is 15.2. The summed E-state index contributed by atoms with van der Waals surface area (Å²) in [6, 6.07) is 17.8. The SMILES string of the molecule is CCCN(CCC)C(=O)CNc1cccc(OCc2ccccc2)c1. The van der Waals surface area contributed by atoms with E-state index in [1.54, 1.807) is 0 Å². The molecule has 0 heterocycles. The summed E-state index contributed by atoms with van der Waals surface area (Å²) in [4.78, 5) is 14.2. The van der Waals surface area contributed by atoms with Gasteiger partial charge in [0.25, 0.3) is 0 Å². The van der Waals surface area contributed by atoms with E-state index in [-0.39, 0.29) is 5.91 Å². The highest BCUT2D eigenvalue weighted by Crippen LogP contribution is 2.18. The molecule has 0 aromatic heterocycles. The lowest BCUT2D eigenvalue weighted by atomic mass is 10.2. The van der Waals surface area contributed by atoms with Crippen LogP contribution in [0.2, 0.25) is 0 Å². The van der Waals surface area contributed by atoms with Gasteiger partial charge >= 0.3 is 0 Å². The van der Waals surface area contributed by atoms with Crippen molar-refractivity contribution in [2.45, 2.75) is 33.3 Å². The molecule has 0 fully saturated rings. The van der Waals surface area contributed by atoms with E-state index in [0.29, 0.717) is 13.2 Å². The average Bonchev–Trinajstić information content (AvgIpc) is 2.65. The predicted molar refractivity (Wildman–Crippen MR) is 103 cm³/mol. The molecule has 2 aromatic rings. The summed E-state index contributed by atoms with van der Waals surface area (Å²) in [6.07, 6.45) is 1.96. The van der Waals surface area contributed by atoms with Gasteiger partial charge in [-0.1, -0.05) is 50.2 Å². The summed E-state index contributed by atoms with van der Waals surface area (Å²) in [5.74, 6) is 0.930. The van der Waals surface area contributed by atoms with Crippen molar-refractivity contribution < 1.29 is 9.53 Å². The summed E-state index contributed by atoms with van der Waals surface area (Å²) in [7, 11) is 0. The van der Waals surface area contributed by atoms with Gasteiger partial charge in [-0.2, -0.15) is 0 Å². The first-order chi connectivity index (χ1) is 12.2. The molecule has 0 saturated heterocycles. The van der Waals surface area contributed by atoms with E-state index in [1.165, 1.54) is 0 Å². The highest BCUT2D eigenvalue weighted by atomic mass is 16.5. The van der Waals surface area contributed by atoms with Crippen LogP contribution in [0.15, 0.2) is 54.6 Å². The molecule has 1 N–H and O–H groups in total. The second kappa shape index (κ2) is 10.4. The van der Waals surface area contributed by atoms with E-state index in [2.05, 4.69) is 19.2 Å². The zero-order valence-electron chi connectivity index (χ0n) is 15.2. The van der Waals surface area contributed by atoms with E-state index < -0.39 is 0 Å². The number of rotatable bonds is 10.